The number of alkyl halides is 1. The van der Waals surface area contributed by atoms with E-state index in [4.69, 9.17) is 0 Å². The first kappa shape index (κ1) is 19.9. The van der Waals surface area contributed by atoms with Crippen molar-refractivity contribution in [3.05, 3.63) is 71.3 Å². The van der Waals surface area contributed by atoms with Crippen LogP contribution >= 0.6 is 0 Å². The number of likely N-dealkylation sites (tertiary alicyclic amines) is 1. The first-order valence-electron chi connectivity index (χ1n) is 8.97. The molecule has 3 rings (SSSR count). The smallest absolute Gasteiger partial charge is 0.241 e. The minimum atomic E-state index is -1.25. The minimum absolute atomic E-state index is 0.0174. The molecule has 1 amide bonds. The van der Waals surface area contributed by atoms with Gasteiger partial charge in [0.05, 0.1) is 18.7 Å². The molecule has 0 aliphatic carbocycles. The van der Waals surface area contributed by atoms with Crippen molar-refractivity contribution in [3.8, 4) is 6.07 Å². The quantitative estimate of drug-likeness (QED) is 0.858. The highest BCUT2D eigenvalue weighted by Crippen LogP contribution is 2.31. The minimum Gasteiger partial charge on any atom is -0.322 e. The SMILES string of the molecule is CNC(C(=O)N1CC(F)CC1C#N)C(c1ccc(F)cc1)c1ccc(F)cc1. The van der Waals surface area contributed by atoms with Gasteiger partial charge in [0.1, 0.15) is 23.8 Å². The maximum atomic E-state index is 13.8. The van der Waals surface area contributed by atoms with Crippen molar-refractivity contribution in [2.45, 2.75) is 30.6 Å². The van der Waals surface area contributed by atoms with E-state index < -0.39 is 41.7 Å². The molecular formula is C21H20F3N3O. The number of rotatable bonds is 5. The number of nitrogens with one attached hydrogen (secondary N) is 1. The maximum absolute atomic E-state index is 13.8. The Morgan fingerprint density at radius 1 is 1.11 bits per heavy atom. The van der Waals surface area contributed by atoms with Crippen molar-refractivity contribution in [1.29, 1.82) is 5.26 Å². The maximum Gasteiger partial charge on any atom is 0.241 e. The lowest BCUT2D eigenvalue weighted by atomic mass is 9.84. The van der Waals surface area contributed by atoms with Crippen LogP contribution in [0, 0.1) is 23.0 Å². The van der Waals surface area contributed by atoms with Gasteiger partial charge in [-0.05, 0) is 42.4 Å². The third kappa shape index (κ3) is 4.02. The first-order chi connectivity index (χ1) is 13.4. The summed E-state index contributed by atoms with van der Waals surface area (Å²) in [5.74, 6) is -1.83. The van der Waals surface area contributed by atoms with Gasteiger partial charge in [0, 0.05) is 12.3 Å². The predicted molar refractivity (Wildman–Crippen MR) is 98.1 cm³/mol. The molecule has 0 spiro atoms. The van der Waals surface area contributed by atoms with Crippen LogP contribution in [0.4, 0.5) is 13.2 Å². The number of amides is 1. The third-order valence-corrected chi connectivity index (χ3v) is 5.05. The number of nitrogens with zero attached hydrogens (tertiary/aromatic N) is 2. The highest BCUT2D eigenvalue weighted by molar-refractivity contribution is 5.84. The molecule has 4 nitrogen and oxygen atoms in total. The number of likely N-dealkylation sites (N-methyl/N-ethyl adjacent to an activating group) is 1. The van der Waals surface area contributed by atoms with E-state index in [1.807, 2.05) is 6.07 Å². The van der Waals surface area contributed by atoms with E-state index in [1.54, 1.807) is 31.3 Å². The number of hydrogen-bond donors (Lipinski definition) is 1. The highest BCUT2D eigenvalue weighted by atomic mass is 19.1. The van der Waals surface area contributed by atoms with Gasteiger partial charge in [-0.15, -0.1) is 0 Å². The number of benzene rings is 2. The van der Waals surface area contributed by atoms with E-state index in [-0.39, 0.29) is 13.0 Å². The average molecular weight is 387 g/mol. The second kappa shape index (κ2) is 8.44. The van der Waals surface area contributed by atoms with Crippen molar-refractivity contribution in [1.82, 2.24) is 10.2 Å². The molecule has 0 saturated carbocycles. The van der Waals surface area contributed by atoms with Crippen molar-refractivity contribution in [2.24, 2.45) is 0 Å². The van der Waals surface area contributed by atoms with Crippen LogP contribution in [0.2, 0.25) is 0 Å². The lowest BCUT2D eigenvalue weighted by Gasteiger charge is -2.31. The molecular weight excluding hydrogens is 367 g/mol. The van der Waals surface area contributed by atoms with Crippen LogP contribution in [0.3, 0.4) is 0 Å². The lowest BCUT2D eigenvalue weighted by Crippen LogP contribution is -2.50. The fourth-order valence-corrected chi connectivity index (χ4v) is 3.68. The van der Waals surface area contributed by atoms with E-state index in [0.717, 1.165) is 0 Å². The summed E-state index contributed by atoms with van der Waals surface area (Å²) in [5, 5.41) is 12.2. The number of halogens is 3. The van der Waals surface area contributed by atoms with E-state index in [9.17, 15) is 23.2 Å². The van der Waals surface area contributed by atoms with Crippen molar-refractivity contribution in [2.75, 3.05) is 13.6 Å². The van der Waals surface area contributed by atoms with Crippen molar-refractivity contribution < 1.29 is 18.0 Å². The second-order valence-electron chi connectivity index (χ2n) is 6.82. The summed E-state index contributed by atoms with van der Waals surface area (Å²) >= 11 is 0. The summed E-state index contributed by atoms with van der Waals surface area (Å²) in [4.78, 5) is 14.5. The molecule has 2 aromatic rings. The Bertz CT molecular complexity index is 818. The van der Waals surface area contributed by atoms with E-state index in [1.165, 1.54) is 29.2 Å². The Balaban J connectivity index is 2.02. The summed E-state index contributed by atoms with van der Waals surface area (Å²) in [6.07, 6.45) is -1.27. The van der Waals surface area contributed by atoms with Gasteiger partial charge in [-0.3, -0.25) is 4.79 Å². The predicted octanol–water partition coefficient (Wildman–Crippen LogP) is 3.15. The fraction of sp³-hybridized carbons (Fsp3) is 0.333. The number of carbonyl (C=O) groups excluding carboxylic acids is 1. The molecule has 1 aliphatic rings. The van der Waals surface area contributed by atoms with Crippen LogP contribution < -0.4 is 5.32 Å². The van der Waals surface area contributed by atoms with Crippen molar-refractivity contribution >= 4 is 5.91 Å². The summed E-state index contributed by atoms with van der Waals surface area (Å²) in [5.41, 5.74) is 1.29. The molecule has 1 saturated heterocycles. The van der Waals surface area contributed by atoms with Gasteiger partial charge in [0.15, 0.2) is 0 Å². The average Bonchev–Trinajstić information content (AvgIpc) is 3.08. The first-order valence-corrected chi connectivity index (χ1v) is 8.97. The van der Waals surface area contributed by atoms with Gasteiger partial charge in [0.2, 0.25) is 5.91 Å². The molecule has 28 heavy (non-hydrogen) atoms. The van der Waals surface area contributed by atoms with Crippen LogP contribution in [-0.4, -0.2) is 42.7 Å². The summed E-state index contributed by atoms with van der Waals surface area (Å²) < 4.78 is 40.7. The molecule has 3 atom stereocenters. The summed E-state index contributed by atoms with van der Waals surface area (Å²) in [7, 11) is 1.59. The summed E-state index contributed by atoms with van der Waals surface area (Å²) in [6.45, 7) is -0.144. The fourth-order valence-electron chi connectivity index (χ4n) is 3.68. The zero-order valence-electron chi connectivity index (χ0n) is 15.3. The van der Waals surface area contributed by atoms with Crippen LogP contribution in [0.5, 0.6) is 0 Å². The van der Waals surface area contributed by atoms with Gasteiger partial charge in [-0.25, -0.2) is 13.2 Å². The Kier molecular flexibility index (Phi) is 6.00. The molecule has 7 heteroatoms. The third-order valence-electron chi connectivity index (χ3n) is 5.05. The number of hydrogen-bond acceptors (Lipinski definition) is 3. The number of carbonyl (C=O) groups is 1. The van der Waals surface area contributed by atoms with Gasteiger partial charge in [-0.2, -0.15) is 5.26 Å². The molecule has 0 bridgehead atoms. The lowest BCUT2D eigenvalue weighted by molar-refractivity contribution is -0.133. The molecule has 0 aromatic heterocycles. The zero-order valence-corrected chi connectivity index (χ0v) is 15.3. The topological polar surface area (TPSA) is 56.1 Å². The zero-order chi connectivity index (χ0) is 20.3. The number of nitriles is 1. The van der Waals surface area contributed by atoms with E-state index in [2.05, 4.69) is 5.32 Å². The standard InChI is InChI=1S/C21H20F3N3O/c1-26-20(21(28)27-12-17(24)10-18(27)11-25)19(13-2-6-15(22)7-3-13)14-4-8-16(23)9-5-14/h2-9,17-20,26H,10,12H2,1H3. The second-order valence-corrected chi connectivity index (χ2v) is 6.82. The molecule has 2 aromatic carbocycles. The Morgan fingerprint density at radius 3 is 2.04 bits per heavy atom. The molecule has 1 heterocycles. The van der Waals surface area contributed by atoms with E-state index >= 15 is 0 Å². The van der Waals surface area contributed by atoms with Crippen LogP contribution in [0.1, 0.15) is 23.5 Å². The Labute approximate surface area is 161 Å². The van der Waals surface area contributed by atoms with Gasteiger partial charge in [0.25, 0.3) is 0 Å². The monoisotopic (exact) mass is 387 g/mol. The Morgan fingerprint density at radius 2 is 1.61 bits per heavy atom. The van der Waals surface area contributed by atoms with Crippen molar-refractivity contribution in [3.63, 3.8) is 0 Å². The molecule has 0 radical (unpaired) electrons. The molecule has 1 fully saturated rings. The van der Waals surface area contributed by atoms with Crippen LogP contribution in [-0.2, 0) is 4.79 Å². The van der Waals surface area contributed by atoms with Gasteiger partial charge in [-0.1, -0.05) is 24.3 Å². The normalized spacial score (nSPS) is 20.2. The Hall–Kier alpha value is -2.85. The largest absolute Gasteiger partial charge is 0.322 e. The highest BCUT2D eigenvalue weighted by Gasteiger charge is 2.41. The van der Waals surface area contributed by atoms with Crippen LogP contribution in [0.25, 0.3) is 0 Å². The van der Waals surface area contributed by atoms with Gasteiger partial charge >= 0.3 is 0 Å². The molecule has 146 valence electrons. The molecule has 1 aliphatic heterocycles. The molecule has 1 N–H and O–H groups in total. The van der Waals surface area contributed by atoms with Crippen LogP contribution in [0.15, 0.2) is 48.5 Å². The van der Waals surface area contributed by atoms with Gasteiger partial charge < -0.3 is 10.2 Å². The van der Waals surface area contributed by atoms with E-state index in [0.29, 0.717) is 11.1 Å². The molecule has 3 unspecified atom stereocenters. The summed E-state index contributed by atoms with van der Waals surface area (Å²) in [6, 6.07) is 11.7.